The highest BCUT2D eigenvalue weighted by atomic mass is 35.5. The van der Waals surface area contributed by atoms with E-state index in [-0.39, 0.29) is 24.5 Å². The van der Waals surface area contributed by atoms with E-state index in [2.05, 4.69) is 10.2 Å². The molecular formula is C25H37Cl2N3O5. The Labute approximate surface area is 217 Å². The molecule has 2 N–H and O–H groups in total. The fraction of sp³-hybridized carbons (Fsp3) is 0.680. The minimum absolute atomic E-state index is 0.0561. The van der Waals surface area contributed by atoms with Crippen molar-refractivity contribution in [2.75, 3.05) is 45.9 Å². The van der Waals surface area contributed by atoms with Gasteiger partial charge in [-0.2, -0.15) is 0 Å². The lowest BCUT2D eigenvalue weighted by Crippen LogP contribution is -2.49. The Morgan fingerprint density at radius 2 is 1.91 bits per heavy atom. The van der Waals surface area contributed by atoms with Gasteiger partial charge >= 0.3 is 6.09 Å². The second-order valence-corrected chi connectivity index (χ2v) is 11.0. The first-order valence-corrected chi connectivity index (χ1v) is 13.0. The van der Waals surface area contributed by atoms with E-state index in [1.165, 1.54) is 0 Å². The first-order valence-electron chi connectivity index (χ1n) is 12.3. The van der Waals surface area contributed by atoms with E-state index in [4.69, 9.17) is 32.7 Å². The van der Waals surface area contributed by atoms with Gasteiger partial charge in [-0.3, -0.25) is 9.69 Å². The third-order valence-electron chi connectivity index (χ3n) is 6.29. The number of nitrogens with one attached hydrogen (secondary N) is 1. The SMILES string of the molecule is CC(C)(C)OC(=O)N1CCO[C@@H](c2ccc(Cl)c(Cl)c2)[C@H](CNC(=O)[C@@H](CCO)N2CCCC2)C1. The summed E-state index contributed by atoms with van der Waals surface area (Å²) in [5, 5.41) is 13.4. The standard InChI is InChI=1S/C25H37Cl2N3O5/c1-25(2,3)35-24(33)30-11-13-34-22(17-6-7-19(26)20(27)14-17)18(16-30)15-28-23(32)21(8-12-31)29-9-4-5-10-29/h6-7,14,18,21-22,31H,4-5,8-13,15-16H2,1-3H3,(H,28,32)/t18-,21-,22+/m1/s1. The maximum Gasteiger partial charge on any atom is 0.410 e. The molecule has 8 nitrogen and oxygen atoms in total. The van der Waals surface area contributed by atoms with Crippen molar-refractivity contribution in [3.8, 4) is 0 Å². The number of carbonyl (C=O) groups is 2. The van der Waals surface area contributed by atoms with Gasteiger partial charge in [0, 0.05) is 32.2 Å². The normalized spacial score (nSPS) is 22.5. The highest BCUT2D eigenvalue weighted by Gasteiger charge is 2.35. The van der Waals surface area contributed by atoms with Gasteiger partial charge in [-0.15, -0.1) is 0 Å². The van der Waals surface area contributed by atoms with E-state index in [9.17, 15) is 14.7 Å². The molecule has 0 bridgehead atoms. The van der Waals surface area contributed by atoms with E-state index in [0.717, 1.165) is 31.5 Å². The summed E-state index contributed by atoms with van der Waals surface area (Å²) in [7, 11) is 0. The second-order valence-electron chi connectivity index (χ2n) is 10.2. The Morgan fingerprint density at radius 3 is 2.54 bits per heavy atom. The molecule has 2 saturated heterocycles. The van der Waals surface area contributed by atoms with Crippen molar-refractivity contribution in [3.63, 3.8) is 0 Å². The number of carbonyl (C=O) groups excluding carboxylic acids is 2. The minimum Gasteiger partial charge on any atom is -0.444 e. The molecule has 1 aromatic rings. The zero-order valence-electron chi connectivity index (χ0n) is 20.8. The molecule has 2 fully saturated rings. The monoisotopic (exact) mass is 529 g/mol. The number of hydrogen-bond acceptors (Lipinski definition) is 6. The summed E-state index contributed by atoms with van der Waals surface area (Å²) < 4.78 is 11.8. The van der Waals surface area contributed by atoms with Crippen LogP contribution in [0.1, 0.15) is 51.7 Å². The van der Waals surface area contributed by atoms with Crippen molar-refractivity contribution in [3.05, 3.63) is 33.8 Å². The van der Waals surface area contributed by atoms with Gasteiger partial charge in [-0.25, -0.2) is 4.79 Å². The van der Waals surface area contributed by atoms with Gasteiger partial charge < -0.3 is 24.8 Å². The van der Waals surface area contributed by atoms with Crippen LogP contribution in [0.25, 0.3) is 0 Å². The number of hydrogen-bond donors (Lipinski definition) is 2. The minimum atomic E-state index is -0.621. The molecule has 0 aliphatic carbocycles. The van der Waals surface area contributed by atoms with Gasteiger partial charge in [0.05, 0.1) is 28.8 Å². The molecule has 2 heterocycles. The van der Waals surface area contributed by atoms with E-state index in [1.54, 1.807) is 17.0 Å². The topological polar surface area (TPSA) is 91.3 Å². The fourth-order valence-corrected chi connectivity index (χ4v) is 4.93. The zero-order valence-corrected chi connectivity index (χ0v) is 22.3. The van der Waals surface area contributed by atoms with Gasteiger partial charge in [0.25, 0.3) is 0 Å². The van der Waals surface area contributed by atoms with Gasteiger partial charge in [0.1, 0.15) is 5.60 Å². The summed E-state index contributed by atoms with van der Waals surface area (Å²) in [5.74, 6) is -0.374. The van der Waals surface area contributed by atoms with Gasteiger partial charge in [0.2, 0.25) is 5.91 Å². The van der Waals surface area contributed by atoms with Crippen molar-refractivity contribution in [2.45, 2.75) is 57.8 Å². The van der Waals surface area contributed by atoms with Gasteiger partial charge in [-0.1, -0.05) is 29.3 Å². The molecule has 0 aromatic heterocycles. The molecule has 3 atom stereocenters. The van der Waals surface area contributed by atoms with Crippen LogP contribution in [0.5, 0.6) is 0 Å². The number of nitrogens with zero attached hydrogens (tertiary/aromatic N) is 2. The summed E-state index contributed by atoms with van der Waals surface area (Å²) in [4.78, 5) is 29.7. The summed E-state index contributed by atoms with van der Waals surface area (Å²) in [6.45, 7) is 8.45. The molecule has 0 unspecified atom stereocenters. The molecule has 2 amide bonds. The third kappa shape index (κ3) is 7.95. The third-order valence-corrected chi connectivity index (χ3v) is 7.03. The average Bonchev–Trinajstić information content (AvgIpc) is 3.23. The van der Waals surface area contributed by atoms with Crippen molar-refractivity contribution in [1.29, 1.82) is 0 Å². The lowest BCUT2D eigenvalue weighted by molar-refractivity contribution is -0.127. The van der Waals surface area contributed by atoms with Crippen molar-refractivity contribution in [1.82, 2.24) is 15.1 Å². The average molecular weight is 530 g/mol. The Morgan fingerprint density at radius 1 is 1.20 bits per heavy atom. The van der Waals surface area contributed by atoms with Crippen LogP contribution in [0.2, 0.25) is 10.0 Å². The summed E-state index contributed by atoms with van der Waals surface area (Å²) >= 11 is 12.4. The predicted octanol–water partition coefficient (Wildman–Crippen LogP) is 3.88. The molecule has 0 saturated carbocycles. The van der Waals surface area contributed by atoms with Crippen molar-refractivity contribution in [2.24, 2.45) is 5.92 Å². The van der Waals surface area contributed by atoms with Crippen LogP contribution < -0.4 is 5.32 Å². The Hall–Kier alpha value is -1.58. The molecule has 1 aromatic carbocycles. The Bertz CT molecular complexity index is 873. The first kappa shape index (κ1) is 28.0. The van der Waals surface area contributed by atoms with E-state index in [1.807, 2.05) is 26.8 Å². The van der Waals surface area contributed by atoms with Crippen LogP contribution in [0, 0.1) is 5.92 Å². The van der Waals surface area contributed by atoms with Crippen molar-refractivity contribution >= 4 is 35.2 Å². The lowest BCUT2D eigenvalue weighted by atomic mass is 9.94. The quantitative estimate of drug-likeness (QED) is 0.556. The van der Waals surface area contributed by atoms with Gasteiger partial charge in [-0.05, 0) is 70.8 Å². The molecule has 35 heavy (non-hydrogen) atoms. The maximum absolute atomic E-state index is 13.1. The summed E-state index contributed by atoms with van der Waals surface area (Å²) in [5.41, 5.74) is 0.209. The molecule has 196 valence electrons. The molecule has 2 aliphatic rings. The number of amides is 2. The van der Waals surface area contributed by atoms with Crippen LogP contribution in [-0.4, -0.2) is 84.5 Å². The number of likely N-dealkylation sites (tertiary alicyclic amines) is 1. The van der Waals surface area contributed by atoms with E-state index < -0.39 is 17.8 Å². The lowest BCUT2D eigenvalue weighted by Gasteiger charge is -2.31. The summed E-state index contributed by atoms with van der Waals surface area (Å²) in [6, 6.07) is 4.97. The maximum atomic E-state index is 13.1. The van der Waals surface area contributed by atoms with E-state index >= 15 is 0 Å². The number of rotatable bonds is 7. The molecule has 0 radical (unpaired) electrons. The Balaban J connectivity index is 1.79. The molecule has 10 heteroatoms. The van der Waals surface area contributed by atoms with Crippen LogP contribution in [-0.2, 0) is 14.3 Å². The van der Waals surface area contributed by atoms with E-state index in [0.29, 0.717) is 42.7 Å². The number of aliphatic hydroxyl groups is 1. The second kappa shape index (κ2) is 12.6. The van der Waals surface area contributed by atoms with Crippen LogP contribution in [0.15, 0.2) is 18.2 Å². The first-order chi connectivity index (χ1) is 16.6. The van der Waals surface area contributed by atoms with Crippen LogP contribution in [0.3, 0.4) is 0 Å². The van der Waals surface area contributed by atoms with Crippen molar-refractivity contribution < 1.29 is 24.2 Å². The number of ether oxygens (including phenoxy) is 2. The summed E-state index contributed by atoms with van der Waals surface area (Å²) in [6.07, 6.45) is 1.67. The highest BCUT2D eigenvalue weighted by molar-refractivity contribution is 6.42. The zero-order chi connectivity index (χ0) is 25.6. The smallest absolute Gasteiger partial charge is 0.410 e. The molecule has 0 spiro atoms. The number of benzene rings is 1. The van der Waals surface area contributed by atoms with Crippen LogP contribution >= 0.6 is 23.2 Å². The predicted molar refractivity (Wildman–Crippen MR) is 136 cm³/mol. The fourth-order valence-electron chi connectivity index (χ4n) is 4.62. The molecule has 2 aliphatic heterocycles. The molecule has 3 rings (SSSR count). The molecular weight excluding hydrogens is 493 g/mol. The van der Waals surface area contributed by atoms with Crippen LogP contribution in [0.4, 0.5) is 4.79 Å². The number of aliphatic hydroxyl groups excluding tert-OH is 1. The number of halogens is 2. The highest BCUT2D eigenvalue weighted by Crippen LogP contribution is 2.33. The van der Waals surface area contributed by atoms with Gasteiger partial charge in [0.15, 0.2) is 0 Å². The Kier molecular flexibility index (Phi) is 10.1. The largest absolute Gasteiger partial charge is 0.444 e.